The van der Waals surface area contributed by atoms with E-state index in [-0.39, 0.29) is 12.6 Å². The lowest BCUT2D eigenvalue weighted by Crippen LogP contribution is -2.29. The topological polar surface area (TPSA) is 45.1 Å². The van der Waals surface area contributed by atoms with Gasteiger partial charge in [-0.05, 0) is 20.4 Å². The summed E-state index contributed by atoms with van der Waals surface area (Å²) in [7, 11) is 1.87. The zero-order valence-electron chi connectivity index (χ0n) is 8.49. The zero-order chi connectivity index (χ0) is 10.4. The number of aliphatic hydroxyl groups excluding tert-OH is 1. The van der Waals surface area contributed by atoms with E-state index in [4.69, 9.17) is 5.11 Å². The van der Waals surface area contributed by atoms with Crippen molar-refractivity contribution in [3.63, 3.8) is 0 Å². The fourth-order valence-electron chi connectivity index (χ4n) is 1.01. The van der Waals surface area contributed by atoms with Crippen LogP contribution in [0.15, 0.2) is 9.72 Å². The molecule has 0 aliphatic carbocycles. The molecule has 1 atom stereocenters. The molecular weight excluding hydrogens is 216 g/mol. The third-order valence-corrected chi connectivity index (χ3v) is 4.09. The van der Waals surface area contributed by atoms with Crippen LogP contribution in [0, 0.1) is 6.92 Å². The van der Waals surface area contributed by atoms with Crippen LogP contribution < -0.4 is 5.32 Å². The van der Waals surface area contributed by atoms with Gasteiger partial charge in [0.25, 0.3) is 0 Å². The van der Waals surface area contributed by atoms with Crippen molar-refractivity contribution < 1.29 is 5.11 Å². The van der Waals surface area contributed by atoms with Crippen LogP contribution in [-0.4, -0.2) is 35.5 Å². The Balaban J connectivity index is 2.21. The van der Waals surface area contributed by atoms with E-state index in [9.17, 15) is 0 Å². The highest BCUT2D eigenvalue weighted by atomic mass is 32.2. The SMILES string of the molecule is CNC(CO)CCSc1nc(C)cs1. The van der Waals surface area contributed by atoms with Crippen molar-refractivity contribution in [1.29, 1.82) is 0 Å². The first kappa shape index (κ1) is 12.0. The zero-order valence-corrected chi connectivity index (χ0v) is 10.1. The number of hydrogen-bond acceptors (Lipinski definition) is 5. The van der Waals surface area contributed by atoms with E-state index >= 15 is 0 Å². The van der Waals surface area contributed by atoms with Gasteiger partial charge in [-0.1, -0.05) is 11.8 Å². The van der Waals surface area contributed by atoms with E-state index < -0.39 is 0 Å². The highest BCUT2D eigenvalue weighted by Crippen LogP contribution is 2.23. The maximum atomic E-state index is 8.94. The van der Waals surface area contributed by atoms with Gasteiger partial charge >= 0.3 is 0 Å². The van der Waals surface area contributed by atoms with Crippen LogP contribution in [0.1, 0.15) is 12.1 Å². The van der Waals surface area contributed by atoms with Crippen LogP contribution >= 0.6 is 23.1 Å². The standard InChI is InChI=1S/C9H16N2OS2/c1-7-6-14-9(11-7)13-4-3-8(5-12)10-2/h6,8,10,12H,3-5H2,1-2H3. The third-order valence-electron chi connectivity index (χ3n) is 1.92. The first-order valence-corrected chi connectivity index (χ1v) is 6.46. The van der Waals surface area contributed by atoms with Crippen molar-refractivity contribution in [3.8, 4) is 0 Å². The first-order valence-electron chi connectivity index (χ1n) is 4.59. The number of nitrogens with zero attached hydrogens (tertiary/aromatic N) is 1. The second kappa shape index (κ2) is 6.40. The number of thioether (sulfide) groups is 1. The molecule has 0 saturated heterocycles. The summed E-state index contributed by atoms with van der Waals surface area (Å²) < 4.78 is 1.12. The lowest BCUT2D eigenvalue weighted by molar-refractivity contribution is 0.246. The molecule has 3 nitrogen and oxygen atoms in total. The Labute approximate surface area is 92.9 Å². The Hall–Kier alpha value is -0.100. The highest BCUT2D eigenvalue weighted by molar-refractivity contribution is 8.01. The summed E-state index contributed by atoms with van der Waals surface area (Å²) in [6, 6.07) is 0.212. The van der Waals surface area contributed by atoms with Crippen molar-refractivity contribution in [2.24, 2.45) is 0 Å². The molecule has 14 heavy (non-hydrogen) atoms. The second-order valence-electron chi connectivity index (χ2n) is 3.06. The normalized spacial score (nSPS) is 13.1. The number of aliphatic hydroxyl groups is 1. The van der Waals surface area contributed by atoms with Crippen LogP contribution in [0.4, 0.5) is 0 Å². The number of rotatable bonds is 6. The van der Waals surface area contributed by atoms with Crippen molar-refractivity contribution in [3.05, 3.63) is 11.1 Å². The predicted molar refractivity (Wildman–Crippen MR) is 62.1 cm³/mol. The van der Waals surface area contributed by atoms with E-state index in [0.717, 1.165) is 22.2 Å². The van der Waals surface area contributed by atoms with Gasteiger partial charge in [-0.3, -0.25) is 0 Å². The summed E-state index contributed by atoms with van der Waals surface area (Å²) in [4.78, 5) is 4.36. The Morgan fingerprint density at radius 2 is 2.50 bits per heavy atom. The molecule has 0 amide bonds. The van der Waals surface area contributed by atoms with Crippen molar-refractivity contribution in [1.82, 2.24) is 10.3 Å². The van der Waals surface area contributed by atoms with Gasteiger partial charge in [0.15, 0.2) is 0 Å². The lowest BCUT2D eigenvalue weighted by Gasteiger charge is -2.11. The van der Waals surface area contributed by atoms with Crippen LogP contribution in [0.2, 0.25) is 0 Å². The van der Waals surface area contributed by atoms with Gasteiger partial charge in [0.2, 0.25) is 0 Å². The van der Waals surface area contributed by atoms with Gasteiger partial charge in [0.05, 0.1) is 6.61 Å². The molecule has 0 saturated carbocycles. The summed E-state index contributed by atoms with van der Waals surface area (Å²) in [6.07, 6.45) is 0.969. The molecule has 0 aliphatic heterocycles. The van der Waals surface area contributed by atoms with Crippen molar-refractivity contribution in [2.75, 3.05) is 19.4 Å². The molecule has 0 bridgehead atoms. The molecule has 0 radical (unpaired) electrons. The van der Waals surface area contributed by atoms with Crippen LogP contribution in [0.5, 0.6) is 0 Å². The Morgan fingerprint density at radius 1 is 1.71 bits per heavy atom. The van der Waals surface area contributed by atoms with Crippen molar-refractivity contribution >= 4 is 23.1 Å². The fraction of sp³-hybridized carbons (Fsp3) is 0.667. The Morgan fingerprint density at radius 3 is 3.00 bits per heavy atom. The summed E-state index contributed by atoms with van der Waals surface area (Å²) in [5, 5.41) is 14.1. The van der Waals surface area contributed by atoms with E-state index in [1.54, 1.807) is 23.1 Å². The average molecular weight is 232 g/mol. The van der Waals surface area contributed by atoms with Gasteiger partial charge in [0, 0.05) is 22.9 Å². The number of likely N-dealkylation sites (N-methyl/N-ethyl adjacent to an activating group) is 1. The van der Waals surface area contributed by atoms with E-state index in [2.05, 4.69) is 15.7 Å². The smallest absolute Gasteiger partial charge is 0.150 e. The molecule has 2 N–H and O–H groups in total. The van der Waals surface area contributed by atoms with E-state index in [1.165, 1.54) is 0 Å². The summed E-state index contributed by atoms with van der Waals surface area (Å²) >= 11 is 3.44. The van der Waals surface area contributed by atoms with Crippen molar-refractivity contribution in [2.45, 2.75) is 23.7 Å². The monoisotopic (exact) mass is 232 g/mol. The van der Waals surface area contributed by atoms with Gasteiger partial charge in [-0.15, -0.1) is 11.3 Å². The summed E-state index contributed by atoms with van der Waals surface area (Å²) in [5.74, 6) is 0.999. The Kier molecular flexibility index (Phi) is 5.47. The minimum Gasteiger partial charge on any atom is -0.395 e. The summed E-state index contributed by atoms with van der Waals surface area (Å²) in [6.45, 7) is 2.21. The quantitative estimate of drug-likeness (QED) is 0.730. The molecule has 0 aromatic carbocycles. The van der Waals surface area contributed by atoms with Gasteiger partial charge in [-0.25, -0.2) is 4.98 Å². The molecule has 0 fully saturated rings. The minimum atomic E-state index is 0.202. The van der Waals surface area contributed by atoms with Crippen LogP contribution in [0.25, 0.3) is 0 Å². The second-order valence-corrected chi connectivity index (χ2v) is 5.26. The largest absolute Gasteiger partial charge is 0.395 e. The van der Waals surface area contributed by atoms with E-state index in [1.807, 2.05) is 14.0 Å². The molecule has 1 heterocycles. The molecule has 1 aromatic heterocycles. The van der Waals surface area contributed by atoms with Gasteiger partial charge in [0.1, 0.15) is 4.34 Å². The number of nitrogens with one attached hydrogen (secondary N) is 1. The molecule has 5 heteroatoms. The fourth-order valence-corrected chi connectivity index (χ4v) is 2.99. The average Bonchev–Trinajstić information content (AvgIpc) is 2.59. The number of aryl methyl sites for hydroxylation is 1. The summed E-state index contributed by atoms with van der Waals surface area (Å²) in [5.41, 5.74) is 1.09. The number of thiazole rings is 1. The number of aromatic nitrogens is 1. The number of hydrogen-bond donors (Lipinski definition) is 2. The maximum Gasteiger partial charge on any atom is 0.150 e. The predicted octanol–water partition coefficient (Wildman–Crippen LogP) is 1.51. The van der Waals surface area contributed by atoms with Crippen LogP contribution in [-0.2, 0) is 0 Å². The molecule has 1 unspecified atom stereocenters. The van der Waals surface area contributed by atoms with Crippen LogP contribution in [0.3, 0.4) is 0 Å². The molecule has 0 aliphatic rings. The first-order chi connectivity index (χ1) is 6.76. The molecule has 0 spiro atoms. The molecule has 1 aromatic rings. The van der Waals surface area contributed by atoms with E-state index in [0.29, 0.717) is 0 Å². The third kappa shape index (κ3) is 3.96. The Bertz CT molecular complexity index is 261. The van der Waals surface area contributed by atoms with Gasteiger partial charge < -0.3 is 10.4 Å². The molecule has 1 rings (SSSR count). The highest BCUT2D eigenvalue weighted by Gasteiger charge is 2.05. The maximum absolute atomic E-state index is 8.94. The lowest BCUT2D eigenvalue weighted by atomic mass is 10.2. The minimum absolute atomic E-state index is 0.202. The van der Waals surface area contributed by atoms with Gasteiger partial charge in [-0.2, -0.15) is 0 Å². The molecule has 80 valence electrons. The molecular formula is C9H16N2OS2.